The van der Waals surface area contributed by atoms with Crippen LogP contribution in [-0.2, 0) is 0 Å². The molecule has 1 atom stereocenters. The molecule has 1 aliphatic heterocycles. The Kier molecular flexibility index (Phi) is 4.84. The van der Waals surface area contributed by atoms with Crippen LogP contribution in [0.3, 0.4) is 0 Å². The molecule has 0 saturated carbocycles. The van der Waals surface area contributed by atoms with Crippen molar-refractivity contribution >= 4 is 16.9 Å². The molecule has 0 spiro atoms. The first-order chi connectivity index (χ1) is 14.3. The van der Waals surface area contributed by atoms with Crippen molar-refractivity contribution < 1.29 is 23.0 Å². The van der Waals surface area contributed by atoms with Crippen LogP contribution in [0.5, 0.6) is 11.5 Å². The van der Waals surface area contributed by atoms with Crippen LogP contribution in [0.1, 0.15) is 34.3 Å². The third-order valence-corrected chi connectivity index (χ3v) is 4.88. The number of nitroso groups, excluding NO2 is 1. The first kappa shape index (κ1) is 19.7. The number of rotatable bonds is 4. The summed E-state index contributed by atoms with van der Waals surface area (Å²) in [7, 11) is 3.20. The van der Waals surface area contributed by atoms with Crippen LogP contribution >= 0.6 is 0 Å². The van der Waals surface area contributed by atoms with Crippen molar-refractivity contribution in [2.75, 3.05) is 20.7 Å². The number of aryl methyl sites for hydroxylation is 1. The largest absolute Gasteiger partial charge is 0.493 e. The van der Waals surface area contributed by atoms with Crippen LogP contribution in [0, 0.1) is 23.5 Å². The molecule has 2 aromatic carbocycles. The smallest absolute Gasteiger partial charge is 0.253 e. The maximum absolute atomic E-state index is 14.5. The highest BCUT2D eigenvalue weighted by atomic mass is 19.1. The number of hydrogen-bond donors (Lipinski definition) is 0. The van der Waals surface area contributed by atoms with Gasteiger partial charge in [-0.3, -0.25) is 4.79 Å². The molecule has 156 valence electrons. The number of ether oxygens (including phenoxy) is 2. The lowest BCUT2D eigenvalue weighted by Gasteiger charge is -2.27. The lowest BCUT2D eigenvalue weighted by atomic mass is 10.0. The van der Waals surface area contributed by atoms with Gasteiger partial charge in [0.1, 0.15) is 40.6 Å². The van der Waals surface area contributed by atoms with Gasteiger partial charge in [-0.05, 0) is 19.1 Å². The highest BCUT2D eigenvalue weighted by Crippen LogP contribution is 2.40. The van der Waals surface area contributed by atoms with E-state index in [1.165, 1.54) is 17.0 Å². The average Bonchev–Trinajstić information content (AvgIpc) is 3.02. The van der Waals surface area contributed by atoms with E-state index in [-0.39, 0.29) is 47.1 Å². The molecular formula is C20H18F2N4O4. The predicted molar refractivity (Wildman–Crippen MR) is 104 cm³/mol. The second-order valence-corrected chi connectivity index (χ2v) is 7.14. The maximum Gasteiger partial charge on any atom is 0.253 e. The van der Waals surface area contributed by atoms with E-state index in [0.717, 1.165) is 16.8 Å². The van der Waals surface area contributed by atoms with E-state index < -0.39 is 17.7 Å². The topological polar surface area (TPSA) is 86.0 Å². The van der Waals surface area contributed by atoms with Crippen molar-refractivity contribution in [3.63, 3.8) is 0 Å². The Bertz CT molecular complexity index is 1180. The molecule has 0 aliphatic carbocycles. The summed E-state index contributed by atoms with van der Waals surface area (Å²) in [6.07, 6.45) is -0.539. The van der Waals surface area contributed by atoms with Crippen LogP contribution in [0.15, 0.2) is 29.6 Å². The molecule has 0 fully saturated rings. The van der Waals surface area contributed by atoms with Gasteiger partial charge in [0, 0.05) is 38.2 Å². The molecule has 30 heavy (non-hydrogen) atoms. The molecule has 3 aromatic rings. The third kappa shape index (κ3) is 3.23. The molecule has 10 heteroatoms. The second kappa shape index (κ2) is 7.36. The van der Waals surface area contributed by atoms with E-state index in [2.05, 4.69) is 10.3 Å². The Morgan fingerprint density at radius 1 is 1.30 bits per heavy atom. The van der Waals surface area contributed by atoms with E-state index in [1.807, 2.05) is 0 Å². The Hall–Kier alpha value is -3.56. The molecule has 0 radical (unpaired) electrons. The molecule has 0 saturated heterocycles. The zero-order chi connectivity index (χ0) is 21.6. The van der Waals surface area contributed by atoms with Crippen LogP contribution < -0.4 is 9.47 Å². The van der Waals surface area contributed by atoms with Gasteiger partial charge in [-0.15, -0.1) is 4.91 Å². The predicted octanol–water partition coefficient (Wildman–Crippen LogP) is 3.76. The van der Waals surface area contributed by atoms with Crippen LogP contribution in [0.25, 0.3) is 11.0 Å². The summed E-state index contributed by atoms with van der Waals surface area (Å²) >= 11 is 0. The number of halogens is 2. The zero-order valence-electron chi connectivity index (χ0n) is 16.5. The van der Waals surface area contributed by atoms with E-state index >= 15 is 0 Å². The molecule has 8 nitrogen and oxygen atoms in total. The normalized spacial score (nSPS) is 15.4. The first-order valence-corrected chi connectivity index (χ1v) is 9.17. The van der Waals surface area contributed by atoms with E-state index in [4.69, 9.17) is 9.47 Å². The molecule has 1 amide bonds. The number of nitrogens with zero attached hydrogens (tertiary/aromatic N) is 4. The second-order valence-electron chi connectivity index (χ2n) is 7.14. The Morgan fingerprint density at radius 2 is 2.07 bits per heavy atom. The molecule has 1 aromatic heterocycles. The first-order valence-electron chi connectivity index (χ1n) is 9.17. The van der Waals surface area contributed by atoms with E-state index in [9.17, 15) is 18.5 Å². The van der Waals surface area contributed by atoms with E-state index in [0.29, 0.717) is 11.3 Å². The van der Waals surface area contributed by atoms with Gasteiger partial charge in [0.15, 0.2) is 0 Å². The molecule has 4 rings (SSSR count). The number of hydrogen-bond acceptors (Lipinski definition) is 6. The fraction of sp³-hybridized carbons (Fsp3) is 0.300. The third-order valence-electron chi connectivity index (χ3n) is 4.88. The summed E-state index contributed by atoms with van der Waals surface area (Å²) in [6.45, 7) is 1.77. The van der Waals surface area contributed by atoms with Crippen molar-refractivity contribution in [1.29, 1.82) is 0 Å². The SMILES string of the molecule is Cc1nc2cc(C(=O)N(C)C)cc(O[C@H]3CCOc4cc(F)cc(F)c43)c2n1N=O. The van der Waals surface area contributed by atoms with Crippen molar-refractivity contribution in [3.8, 4) is 11.5 Å². The lowest BCUT2D eigenvalue weighted by Crippen LogP contribution is -2.22. The number of carbonyl (C=O) groups excluding carboxylic acids is 1. The number of amides is 1. The van der Waals surface area contributed by atoms with Crippen LogP contribution in [-0.4, -0.2) is 41.2 Å². The number of aromatic nitrogens is 2. The Labute approximate surface area is 170 Å². The van der Waals surface area contributed by atoms with Gasteiger partial charge in [0.05, 0.1) is 23.0 Å². The summed E-state index contributed by atoms with van der Waals surface area (Å²) in [6, 6.07) is 4.85. The average molecular weight is 416 g/mol. The Balaban J connectivity index is 1.87. The van der Waals surface area contributed by atoms with Crippen molar-refractivity contribution in [1.82, 2.24) is 14.6 Å². The molecule has 0 unspecified atom stereocenters. The number of carbonyl (C=O) groups is 1. The minimum atomic E-state index is -0.822. The maximum atomic E-state index is 14.5. The van der Waals surface area contributed by atoms with Gasteiger partial charge in [-0.25, -0.2) is 13.8 Å². The fourth-order valence-electron chi connectivity index (χ4n) is 3.53. The molecule has 1 aliphatic rings. The highest BCUT2D eigenvalue weighted by molar-refractivity contribution is 5.99. The minimum absolute atomic E-state index is 0.0544. The summed E-state index contributed by atoms with van der Waals surface area (Å²) < 4.78 is 40.6. The van der Waals surface area contributed by atoms with Gasteiger partial charge in [0.2, 0.25) is 0 Å². The van der Waals surface area contributed by atoms with Gasteiger partial charge >= 0.3 is 0 Å². The monoisotopic (exact) mass is 416 g/mol. The summed E-state index contributed by atoms with van der Waals surface area (Å²) in [5.41, 5.74) is 0.946. The fourth-order valence-corrected chi connectivity index (χ4v) is 3.53. The van der Waals surface area contributed by atoms with Crippen molar-refractivity contribution in [2.24, 2.45) is 5.29 Å². The van der Waals surface area contributed by atoms with Gasteiger partial charge in [0.25, 0.3) is 5.91 Å². The number of imidazole rings is 1. The summed E-state index contributed by atoms with van der Waals surface area (Å²) in [5.74, 6) is -1.36. The summed E-state index contributed by atoms with van der Waals surface area (Å²) in [5, 5.41) is 2.98. The number of fused-ring (bicyclic) bond motifs is 2. The zero-order valence-corrected chi connectivity index (χ0v) is 16.5. The van der Waals surface area contributed by atoms with Crippen LogP contribution in [0.2, 0.25) is 0 Å². The Morgan fingerprint density at radius 3 is 2.77 bits per heavy atom. The molecule has 2 heterocycles. The van der Waals surface area contributed by atoms with Gasteiger partial charge < -0.3 is 14.4 Å². The quantitative estimate of drug-likeness (QED) is 0.605. The number of benzene rings is 2. The van der Waals surface area contributed by atoms with Crippen LogP contribution in [0.4, 0.5) is 8.78 Å². The summed E-state index contributed by atoms with van der Waals surface area (Å²) in [4.78, 5) is 29.6. The molecule has 0 N–H and O–H groups in total. The van der Waals surface area contributed by atoms with Crippen molar-refractivity contribution in [3.05, 3.63) is 57.8 Å². The lowest BCUT2D eigenvalue weighted by molar-refractivity contribution is 0.0826. The van der Waals surface area contributed by atoms with E-state index in [1.54, 1.807) is 21.0 Å². The molecular weight excluding hydrogens is 398 g/mol. The molecule has 0 bridgehead atoms. The van der Waals surface area contributed by atoms with Gasteiger partial charge in [-0.2, -0.15) is 4.68 Å². The van der Waals surface area contributed by atoms with Crippen molar-refractivity contribution in [2.45, 2.75) is 19.4 Å². The highest BCUT2D eigenvalue weighted by Gasteiger charge is 2.29. The minimum Gasteiger partial charge on any atom is -0.493 e. The van der Waals surface area contributed by atoms with Gasteiger partial charge in [-0.1, -0.05) is 0 Å². The standard InChI is InChI=1S/C20H18F2N4O4/c1-10-23-14-6-11(20(27)25(2)3)7-17(19(14)26(10)24-28)30-15-4-5-29-16-9-12(21)8-13(22)18(15)16/h6-9,15H,4-5H2,1-3H3/t15-/m0/s1.